The Morgan fingerprint density at radius 1 is 0.762 bits per heavy atom. The number of unbranched alkanes of at least 4 members (excludes halogenated alkanes) is 1. The van der Waals surface area contributed by atoms with Crippen LogP contribution >= 0.6 is 7.92 Å². The van der Waals surface area contributed by atoms with Gasteiger partial charge in [0.25, 0.3) is 0 Å². The molecule has 2 aromatic rings. The lowest BCUT2D eigenvalue weighted by Crippen LogP contribution is -2.19. The number of hydrogen-bond donors (Lipinski definition) is 0. The predicted octanol–water partition coefficient (Wildman–Crippen LogP) is 5.15. The van der Waals surface area contributed by atoms with Crippen LogP contribution in [0.25, 0.3) is 0 Å². The molecule has 0 N–H and O–H groups in total. The minimum atomic E-state index is -0.231. The van der Waals surface area contributed by atoms with Crippen LogP contribution in [-0.2, 0) is 0 Å². The van der Waals surface area contributed by atoms with Crippen LogP contribution in [0.2, 0.25) is 0 Å². The first-order valence-corrected chi connectivity index (χ1v) is 9.47. The third-order valence-corrected chi connectivity index (χ3v) is 6.94. The third-order valence-electron chi connectivity index (χ3n) is 4.05. The lowest BCUT2D eigenvalue weighted by Gasteiger charge is -2.23. The molecule has 2 rings (SSSR count). The van der Waals surface area contributed by atoms with Gasteiger partial charge in [0.2, 0.25) is 0 Å². The molecule has 0 radical (unpaired) electrons. The fourth-order valence-corrected chi connectivity index (χ4v) is 5.80. The first-order chi connectivity index (χ1) is 10.0. The van der Waals surface area contributed by atoms with E-state index in [9.17, 15) is 0 Å². The Kier molecular flexibility index (Phi) is 5.59. The maximum absolute atomic E-state index is 2.42. The SMILES string of the molecule is CCCCP(c1cc(C)ccc1C)c1cc(C)ccc1C. The highest BCUT2D eigenvalue weighted by atomic mass is 31.1. The molecule has 0 bridgehead atoms. The van der Waals surface area contributed by atoms with Crippen molar-refractivity contribution in [1.29, 1.82) is 0 Å². The van der Waals surface area contributed by atoms with Crippen molar-refractivity contribution < 1.29 is 0 Å². The molecular formula is C20H27P. The summed E-state index contributed by atoms with van der Waals surface area (Å²) in [6.45, 7) is 11.2. The zero-order chi connectivity index (χ0) is 15.4. The van der Waals surface area contributed by atoms with Crippen molar-refractivity contribution in [2.75, 3.05) is 6.16 Å². The predicted molar refractivity (Wildman–Crippen MR) is 97.8 cm³/mol. The standard InChI is InChI=1S/C20H27P/c1-6-7-12-21(19-13-15(2)8-10-17(19)4)20-14-16(3)9-11-18(20)5/h8-11,13-14H,6-7,12H2,1-5H3. The van der Waals surface area contributed by atoms with E-state index < -0.39 is 0 Å². The molecule has 0 aliphatic heterocycles. The quantitative estimate of drug-likeness (QED) is 0.669. The molecule has 0 saturated carbocycles. The van der Waals surface area contributed by atoms with E-state index >= 15 is 0 Å². The number of rotatable bonds is 5. The van der Waals surface area contributed by atoms with Gasteiger partial charge in [0.05, 0.1) is 0 Å². The fourth-order valence-electron chi connectivity index (χ4n) is 2.71. The minimum absolute atomic E-state index is 0.231. The monoisotopic (exact) mass is 298 g/mol. The lowest BCUT2D eigenvalue weighted by molar-refractivity contribution is 0.893. The zero-order valence-electron chi connectivity index (χ0n) is 14.0. The van der Waals surface area contributed by atoms with Crippen molar-refractivity contribution in [2.24, 2.45) is 0 Å². The minimum Gasteiger partial charge on any atom is -0.0654 e. The van der Waals surface area contributed by atoms with Crippen molar-refractivity contribution in [1.82, 2.24) is 0 Å². The zero-order valence-corrected chi connectivity index (χ0v) is 14.9. The Hall–Kier alpha value is -1.13. The van der Waals surface area contributed by atoms with Crippen LogP contribution in [0.1, 0.15) is 42.0 Å². The van der Waals surface area contributed by atoms with Gasteiger partial charge >= 0.3 is 0 Å². The summed E-state index contributed by atoms with van der Waals surface area (Å²) in [4.78, 5) is 0. The largest absolute Gasteiger partial charge is 0.0654 e. The van der Waals surface area contributed by atoms with Gasteiger partial charge in [-0.15, -0.1) is 0 Å². The van der Waals surface area contributed by atoms with Gasteiger partial charge in [-0.1, -0.05) is 60.9 Å². The molecular weight excluding hydrogens is 271 g/mol. The molecule has 0 spiro atoms. The highest BCUT2D eigenvalue weighted by molar-refractivity contribution is 7.73. The third kappa shape index (κ3) is 3.95. The summed E-state index contributed by atoms with van der Waals surface area (Å²) >= 11 is 0. The number of aryl methyl sites for hydroxylation is 4. The molecule has 0 fully saturated rings. The van der Waals surface area contributed by atoms with Crippen molar-refractivity contribution >= 4 is 18.5 Å². The summed E-state index contributed by atoms with van der Waals surface area (Å²) in [5.74, 6) is 0. The van der Waals surface area contributed by atoms with Crippen LogP contribution in [0.4, 0.5) is 0 Å². The molecule has 0 nitrogen and oxygen atoms in total. The summed E-state index contributed by atoms with van der Waals surface area (Å²) in [5, 5.41) is 3.15. The summed E-state index contributed by atoms with van der Waals surface area (Å²) < 4.78 is 0. The van der Waals surface area contributed by atoms with E-state index in [1.165, 1.54) is 41.3 Å². The lowest BCUT2D eigenvalue weighted by atomic mass is 10.2. The van der Waals surface area contributed by atoms with E-state index in [0.717, 1.165) is 0 Å². The van der Waals surface area contributed by atoms with Gasteiger partial charge < -0.3 is 0 Å². The summed E-state index contributed by atoms with van der Waals surface area (Å²) in [5.41, 5.74) is 5.65. The Labute approximate surface area is 131 Å². The van der Waals surface area contributed by atoms with Crippen LogP contribution in [-0.4, -0.2) is 6.16 Å². The van der Waals surface area contributed by atoms with Gasteiger partial charge in [0.1, 0.15) is 0 Å². The topological polar surface area (TPSA) is 0 Å². The highest BCUT2D eigenvalue weighted by Gasteiger charge is 2.17. The summed E-state index contributed by atoms with van der Waals surface area (Å²) in [6.07, 6.45) is 3.89. The van der Waals surface area contributed by atoms with Crippen LogP contribution in [0.5, 0.6) is 0 Å². The van der Waals surface area contributed by atoms with E-state index in [1.54, 1.807) is 10.6 Å². The molecule has 0 unspecified atom stereocenters. The second-order valence-corrected chi connectivity index (χ2v) is 8.35. The molecule has 1 heteroatoms. The van der Waals surface area contributed by atoms with Gasteiger partial charge in [-0.3, -0.25) is 0 Å². The Bertz CT molecular complexity index is 562. The van der Waals surface area contributed by atoms with Crippen molar-refractivity contribution in [3.05, 3.63) is 58.7 Å². The molecule has 0 aromatic heterocycles. The first-order valence-electron chi connectivity index (χ1n) is 7.95. The fraction of sp³-hybridized carbons (Fsp3) is 0.400. The molecule has 0 heterocycles. The van der Waals surface area contributed by atoms with Gasteiger partial charge in [0, 0.05) is 0 Å². The summed E-state index contributed by atoms with van der Waals surface area (Å²) in [7, 11) is -0.231. The first kappa shape index (κ1) is 16.2. The molecule has 0 saturated heterocycles. The van der Waals surface area contributed by atoms with E-state index in [4.69, 9.17) is 0 Å². The summed E-state index contributed by atoms with van der Waals surface area (Å²) in [6, 6.07) is 13.9. The second-order valence-electron chi connectivity index (χ2n) is 6.09. The van der Waals surface area contributed by atoms with Gasteiger partial charge in [0.15, 0.2) is 0 Å². The normalized spacial score (nSPS) is 11.1. The number of hydrogen-bond acceptors (Lipinski definition) is 0. The number of benzene rings is 2. The van der Waals surface area contributed by atoms with Crippen molar-refractivity contribution in [3.8, 4) is 0 Å². The molecule has 0 amide bonds. The molecule has 0 atom stereocenters. The Morgan fingerprint density at radius 3 is 1.67 bits per heavy atom. The van der Waals surface area contributed by atoms with Gasteiger partial charge in [-0.05, 0) is 69.9 Å². The van der Waals surface area contributed by atoms with Crippen LogP contribution in [0.3, 0.4) is 0 Å². The van der Waals surface area contributed by atoms with Gasteiger partial charge in [-0.2, -0.15) is 0 Å². The Balaban J connectivity index is 2.52. The molecule has 112 valence electrons. The maximum atomic E-state index is 2.42. The van der Waals surface area contributed by atoms with Crippen molar-refractivity contribution in [2.45, 2.75) is 47.5 Å². The van der Waals surface area contributed by atoms with Crippen LogP contribution < -0.4 is 10.6 Å². The van der Waals surface area contributed by atoms with Crippen molar-refractivity contribution in [3.63, 3.8) is 0 Å². The van der Waals surface area contributed by atoms with E-state index in [0.29, 0.717) is 0 Å². The van der Waals surface area contributed by atoms with E-state index in [-0.39, 0.29) is 7.92 Å². The van der Waals surface area contributed by atoms with E-state index in [1.807, 2.05) is 0 Å². The van der Waals surface area contributed by atoms with Gasteiger partial charge in [-0.25, -0.2) is 0 Å². The van der Waals surface area contributed by atoms with Crippen LogP contribution in [0.15, 0.2) is 36.4 Å². The molecule has 21 heavy (non-hydrogen) atoms. The average Bonchev–Trinajstić information content (AvgIpc) is 2.46. The second kappa shape index (κ2) is 7.23. The van der Waals surface area contributed by atoms with E-state index in [2.05, 4.69) is 71.0 Å². The van der Waals surface area contributed by atoms with Crippen LogP contribution in [0, 0.1) is 27.7 Å². The smallest absolute Gasteiger partial charge is 0.0163 e. The molecule has 2 aromatic carbocycles. The Morgan fingerprint density at radius 2 is 1.24 bits per heavy atom. The average molecular weight is 298 g/mol. The molecule has 0 aliphatic rings. The maximum Gasteiger partial charge on any atom is -0.0163 e. The molecule has 0 aliphatic carbocycles. The highest BCUT2D eigenvalue weighted by Crippen LogP contribution is 2.37.